The van der Waals surface area contributed by atoms with Gasteiger partial charge in [-0.2, -0.15) is 0 Å². The smallest absolute Gasteiger partial charge is 0.269 e. The molecular weight excluding hydrogens is 284 g/mol. The van der Waals surface area contributed by atoms with Crippen molar-refractivity contribution in [1.29, 1.82) is 0 Å². The average Bonchev–Trinajstić information content (AvgIpc) is 2.38. The molecule has 0 aliphatic rings. The van der Waals surface area contributed by atoms with Gasteiger partial charge in [0.25, 0.3) is 5.69 Å². The van der Waals surface area contributed by atoms with Crippen LogP contribution in [0.3, 0.4) is 0 Å². The van der Waals surface area contributed by atoms with E-state index in [1.54, 1.807) is 0 Å². The number of non-ortho nitro benzene ring substituents is 1. The van der Waals surface area contributed by atoms with Gasteiger partial charge in [-0.1, -0.05) is 19.1 Å². The predicted molar refractivity (Wildman–Crippen MR) is 74.6 cm³/mol. The van der Waals surface area contributed by atoms with Gasteiger partial charge in [-0.3, -0.25) is 10.1 Å². The van der Waals surface area contributed by atoms with Crippen molar-refractivity contribution in [3.8, 4) is 0 Å². The van der Waals surface area contributed by atoms with E-state index in [0.717, 1.165) is 0 Å². The van der Waals surface area contributed by atoms with Crippen molar-refractivity contribution in [2.24, 2.45) is 0 Å². The fraction of sp³-hybridized carbons (Fsp3) is 0.500. The number of aliphatic hydroxyl groups excluding tert-OH is 1. The lowest BCUT2D eigenvalue weighted by atomic mass is 10.2. The molecule has 0 fully saturated rings. The molecule has 1 aromatic rings. The molecule has 0 amide bonds. The monoisotopic (exact) mass is 302 g/mol. The minimum Gasteiger partial charge on any atom is -0.396 e. The average molecular weight is 302 g/mol. The van der Waals surface area contributed by atoms with Gasteiger partial charge in [-0.25, -0.2) is 13.1 Å². The van der Waals surface area contributed by atoms with Crippen molar-refractivity contribution < 1.29 is 18.4 Å². The standard InChI is InChI=1S/C12H18N2O5S/c1-2-11(7-8-15)13-20(18,19)9-10-3-5-12(6-4-10)14(16)17/h3-6,11,13,15H,2,7-9H2,1H3. The van der Waals surface area contributed by atoms with Crippen LogP contribution in [0.5, 0.6) is 0 Å². The number of hydrogen-bond donors (Lipinski definition) is 2. The van der Waals surface area contributed by atoms with E-state index in [2.05, 4.69) is 4.72 Å². The zero-order valence-corrected chi connectivity index (χ0v) is 12.0. The second kappa shape index (κ2) is 7.32. The molecule has 1 atom stereocenters. The van der Waals surface area contributed by atoms with Crippen LogP contribution >= 0.6 is 0 Å². The Bertz CT molecular complexity index is 541. The molecule has 112 valence electrons. The van der Waals surface area contributed by atoms with Gasteiger partial charge in [-0.05, 0) is 18.4 Å². The summed E-state index contributed by atoms with van der Waals surface area (Å²) in [4.78, 5) is 9.97. The maximum atomic E-state index is 11.9. The van der Waals surface area contributed by atoms with Crippen molar-refractivity contribution in [2.45, 2.75) is 31.6 Å². The number of nitrogens with one attached hydrogen (secondary N) is 1. The molecule has 2 N–H and O–H groups in total. The highest BCUT2D eigenvalue weighted by atomic mass is 32.2. The molecule has 0 aliphatic carbocycles. The Kier molecular flexibility index (Phi) is 6.05. The summed E-state index contributed by atoms with van der Waals surface area (Å²) < 4.78 is 26.4. The molecule has 1 rings (SSSR count). The van der Waals surface area contributed by atoms with E-state index in [0.29, 0.717) is 18.4 Å². The minimum absolute atomic E-state index is 0.0779. The summed E-state index contributed by atoms with van der Waals surface area (Å²) in [6.07, 6.45) is 0.941. The molecule has 1 unspecified atom stereocenters. The Labute approximate surface area is 117 Å². The number of aliphatic hydroxyl groups is 1. The highest BCUT2D eigenvalue weighted by molar-refractivity contribution is 7.88. The molecule has 7 nitrogen and oxygen atoms in total. The summed E-state index contributed by atoms with van der Waals surface area (Å²) in [7, 11) is -3.53. The second-order valence-electron chi connectivity index (χ2n) is 4.42. The SMILES string of the molecule is CCC(CCO)NS(=O)(=O)Cc1ccc([N+](=O)[O-])cc1. The Morgan fingerprint density at radius 2 is 1.95 bits per heavy atom. The third kappa shape index (κ3) is 5.24. The third-order valence-electron chi connectivity index (χ3n) is 2.82. The van der Waals surface area contributed by atoms with Crippen LogP contribution in [-0.4, -0.2) is 31.1 Å². The topological polar surface area (TPSA) is 110 Å². The fourth-order valence-electron chi connectivity index (χ4n) is 1.73. The quantitative estimate of drug-likeness (QED) is 0.553. The van der Waals surface area contributed by atoms with Gasteiger partial charge in [-0.15, -0.1) is 0 Å². The van der Waals surface area contributed by atoms with E-state index in [9.17, 15) is 18.5 Å². The van der Waals surface area contributed by atoms with Crippen LogP contribution in [-0.2, 0) is 15.8 Å². The zero-order valence-electron chi connectivity index (χ0n) is 11.2. The Morgan fingerprint density at radius 1 is 1.35 bits per heavy atom. The van der Waals surface area contributed by atoms with Crippen LogP contribution in [0, 0.1) is 10.1 Å². The van der Waals surface area contributed by atoms with E-state index in [4.69, 9.17) is 5.11 Å². The number of sulfonamides is 1. The normalized spacial score (nSPS) is 13.1. The van der Waals surface area contributed by atoms with E-state index in [1.165, 1.54) is 24.3 Å². The van der Waals surface area contributed by atoms with E-state index >= 15 is 0 Å². The van der Waals surface area contributed by atoms with Crippen molar-refractivity contribution >= 4 is 15.7 Å². The van der Waals surface area contributed by atoms with Crippen LogP contribution in [0.1, 0.15) is 25.3 Å². The summed E-state index contributed by atoms with van der Waals surface area (Å²) in [5.41, 5.74) is 0.396. The highest BCUT2D eigenvalue weighted by Crippen LogP contribution is 2.14. The number of hydrogen-bond acceptors (Lipinski definition) is 5. The molecule has 0 heterocycles. The molecule has 8 heteroatoms. The number of nitro groups is 1. The zero-order chi connectivity index (χ0) is 15.2. The minimum atomic E-state index is -3.53. The first kappa shape index (κ1) is 16.5. The maximum absolute atomic E-state index is 11.9. The number of rotatable bonds is 8. The van der Waals surface area contributed by atoms with Gasteiger partial charge in [0.05, 0.1) is 10.7 Å². The Morgan fingerprint density at radius 3 is 2.40 bits per heavy atom. The molecule has 0 saturated carbocycles. The van der Waals surface area contributed by atoms with Gasteiger partial charge in [0.1, 0.15) is 0 Å². The molecule has 20 heavy (non-hydrogen) atoms. The summed E-state index contributed by atoms with van der Waals surface area (Å²) >= 11 is 0. The molecule has 0 radical (unpaired) electrons. The first-order valence-corrected chi connectivity index (χ1v) is 7.87. The van der Waals surface area contributed by atoms with Crippen LogP contribution in [0.25, 0.3) is 0 Å². The summed E-state index contributed by atoms with van der Waals surface area (Å²) in [5.74, 6) is -0.243. The fourth-order valence-corrected chi connectivity index (χ4v) is 3.24. The summed E-state index contributed by atoms with van der Waals surface area (Å²) in [5, 5.41) is 19.3. The van der Waals surface area contributed by atoms with E-state index < -0.39 is 14.9 Å². The van der Waals surface area contributed by atoms with Crippen LogP contribution in [0.4, 0.5) is 5.69 Å². The lowest BCUT2D eigenvalue weighted by molar-refractivity contribution is -0.384. The van der Waals surface area contributed by atoms with Crippen molar-refractivity contribution in [2.75, 3.05) is 6.61 Å². The van der Waals surface area contributed by atoms with Crippen LogP contribution < -0.4 is 4.72 Å². The van der Waals surface area contributed by atoms with Gasteiger partial charge in [0.2, 0.25) is 10.0 Å². The van der Waals surface area contributed by atoms with Crippen molar-refractivity contribution in [3.05, 3.63) is 39.9 Å². The highest BCUT2D eigenvalue weighted by Gasteiger charge is 2.17. The van der Waals surface area contributed by atoms with E-state index in [1.807, 2.05) is 6.92 Å². The predicted octanol–water partition coefficient (Wildman–Crippen LogP) is 1.18. The van der Waals surface area contributed by atoms with E-state index in [-0.39, 0.29) is 24.1 Å². The molecule has 0 spiro atoms. The molecule has 1 aromatic carbocycles. The lowest BCUT2D eigenvalue weighted by Crippen LogP contribution is -2.35. The lowest BCUT2D eigenvalue weighted by Gasteiger charge is -2.15. The summed E-state index contributed by atoms with van der Waals surface area (Å²) in [6, 6.07) is 5.09. The van der Waals surface area contributed by atoms with Gasteiger partial charge in [0.15, 0.2) is 0 Å². The van der Waals surface area contributed by atoms with Gasteiger partial charge in [0, 0.05) is 24.8 Å². The van der Waals surface area contributed by atoms with Crippen LogP contribution in [0.2, 0.25) is 0 Å². The largest absolute Gasteiger partial charge is 0.396 e. The number of nitro benzene ring substituents is 1. The molecule has 0 saturated heterocycles. The number of nitrogens with zero attached hydrogens (tertiary/aromatic N) is 1. The first-order chi connectivity index (χ1) is 9.38. The summed E-state index contributed by atoms with van der Waals surface area (Å²) in [6.45, 7) is 1.74. The maximum Gasteiger partial charge on any atom is 0.269 e. The Hall–Kier alpha value is -1.51. The number of benzene rings is 1. The van der Waals surface area contributed by atoms with Crippen molar-refractivity contribution in [1.82, 2.24) is 4.72 Å². The van der Waals surface area contributed by atoms with Crippen molar-refractivity contribution in [3.63, 3.8) is 0 Å². The molecule has 0 bridgehead atoms. The van der Waals surface area contributed by atoms with Crippen LogP contribution in [0.15, 0.2) is 24.3 Å². The van der Waals surface area contributed by atoms with Gasteiger partial charge >= 0.3 is 0 Å². The molecular formula is C12H18N2O5S. The molecule has 0 aromatic heterocycles. The Balaban J connectivity index is 2.72. The molecule has 0 aliphatic heterocycles. The third-order valence-corrected chi connectivity index (χ3v) is 4.23. The first-order valence-electron chi connectivity index (χ1n) is 6.22. The second-order valence-corrected chi connectivity index (χ2v) is 6.17. The van der Waals surface area contributed by atoms with Gasteiger partial charge < -0.3 is 5.11 Å².